The van der Waals surface area contributed by atoms with E-state index in [9.17, 15) is 10.0 Å². The molecule has 33 heavy (non-hydrogen) atoms. The summed E-state index contributed by atoms with van der Waals surface area (Å²) in [7, 11) is 0. The summed E-state index contributed by atoms with van der Waals surface area (Å²) in [5, 5.41) is 15.2. The number of hydroxylamine groups is 2. The van der Waals surface area contributed by atoms with Crippen molar-refractivity contribution in [2.45, 2.75) is 33.5 Å². The topological polar surface area (TPSA) is 119 Å². The predicted octanol–water partition coefficient (Wildman–Crippen LogP) is 2.57. The molecular formula is C21H26BrClN8O2. The molecule has 0 unspecified atom stereocenters. The summed E-state index contributed by atoms with van der Waals surface area (Å²) in [5.74, 6) is -0.0182. The number of rotatable bonds is 8. The smallest absolute Gasteiger partial charge is 0.330 e. The Labute approximate surface area is 204 Å². The van der Waals surface area contributed by atoms with E-state index in [4.69, 9.17) is 17.3 Å². The van der Waals surface area contributed by atoms with Crippen LogP contribution in [0.15, 0.2) is 50.6 Å². The van der Waals surface area contributed by atoms with Crippen LogP contribution in [0.1, 0.15) is 13.8 Å². The highest BCUT2D eigenvalue weighted by molar-refractivity contribution is 9.12. The van der Waals surface area contributed by atoms with Crippen LogP contribution >= 0.6 is 27.5 Å². The lowest BCUT2D eigenvalue weighted by Crippen LogP contribution is -2.33. The minimum atomic E-state index is -0.296. The molecule has 0 bridgehead atoms. The number of imidazole rings is 1. The Balaban J connectivity index is 1.63. The molecule has 0 atom stereocenters. The molecule has 0 aromatic carbocycles. The summed E-state index contributed by atoms with van der Waals surface area (Å²) < 4.78 is 6.02. The van der Waals surface area contributed by atoms with Crippen LogP contribution in [0, 0.1) is 0 Å². The van der Waals surface area contributed by atoms with Crippen LogP contribution in [0.25, 0.3) is 11.2 Å². The van der Waals surface area contributed by atoms with Gasteiger partial charge in [-0.1, -0.05) is 27.5 Å². The summed E-state index contributed by atoms with van der Waals surface area (Å²) in [6.45, 7) is 6.79. The lowest BCUT2D eigenvalue weighted by atomic mass is 10.1. The summed E-state index contributed by atoms with van der Waals surface area (Å²) in [6, 6.07) is 3.96. The zero-order chi connectivity index (χ0) is 23.7. The summed E-state index contributed by atoms with van der Waals surface area (Å²) in [6.07, 6.45) is 4.01. The number of nitrogens with zero attached hydrogens (tertiary/aromatic N) is 6. The van der Waals surface area contributed by atoms with Crippen LogP contribution < -0.4 is 16.7 Å². The van der Waals surface area contributed by atoms with E-state index in [1.54, 1.807) is 4.57 Å². The second-order valence-corrected chi connectivity index (χ2v) is 9.11. The number of fused-ring (bicyclic) bond motifs is 1. The van der Waals surface area contributed by atoms with Crippen molar-refractivity contribution in [3.63, 3.8) is 0 Å². The molecule has 0 spiro atoms. The van der Waals surface area contributed by atoms with Crippen molar-refractivity contribution in [3.8, 4) is 0 Å². The van der Waals surface area contributed by atoms with Crippen molar-refractivity contribution in [1.29, 1.82) is 0 Å². The van der Waals surface area contributed by atoms with E-state index in [-0.39, 0.29) is 23.3 Å². The van der Waals surface area contributed by atoms with Crippen LogP contribution in [0.3, 0.4) is 0 Å². The number of nitrogen functional groups attached to an aromatic ring is 1. The average molecular weight is 538 g/mol. The molecule has 0 amide bonds. The first kappa shape index (κ1) is 23.6. The minimum Gasteiger partial charge on any atom is -0.368 e. The number of nitrogens with one attached hydrogen (secondary N) is 1. The highest BCUT2D eigenvalue weighted by Gasteiger charge is 2.25. The maximum atomic E-state index is 13.4. The van der Waals surface area contributed by atoms with Crippen LogP contribution in [-0.2, 0) is 19.6 Å². The summed E-state index contributed by atoms with van der Waals surface area (Å²) in [4.78, 5) is 21.8. The normalized spacial score (nSPS) is 14.8. The molecule has 3 aromatic heterocycles. The van der Waals surface area contributed by atoms with Crippen molar-refractivity contribution in [2.24, 2.45) is 0 Å². The number of allylic oxidation sites excluding steroid dienone is 3. The zero-order valence-electron chi connectivity index (χ0n) is 18.4. The van der Waals surface area contributed by atoms with Gasteiger partial charge >= 0.3 is 5.69 Å². The molecule has 176 valence electrons. The van der Waals surface area contributed by atoms with E-state index in [1.165, 1.54) is 4.57 Å². The van der Waals surface area contributed by atoms with Gasteiger partial charge in [0.05, 0.1) is 18.8 Å². The van der Waals surface area contributed by atoms with Crippen LogP contribution in [0.4, 0.5) is 5.95 Å². The summed E-state index contributed by atoms with van der Waals surface area (Å²) in [5.41, 5.74) is 8.72. The van der Waals surface area contributed by atoms with Gasteiger partial charge in [0.25, 0.3) is 0 Å². The Morgan fingerprint density at radius 2 is 1.88 bits per heavy atom. The first-order chi connectivity index (χ1) is 15.8. The highest BCUT2D eigenvalue weighted by atomic mass is 79.9. The third-order valence-electron chi connectivity index (χ3n) is 5.70. The lowest BCUT2D eigenvalue weighted by molar-refractivity contribution is -0.0535. The van der Waals surface area contributed by atoms with Gasteiger partial charge in [0.15, 0.2) is 10.8 Å². The Bertz CT molecular complexity index is 1290. The monoisotopic (exact) mass is 536 g/mol. The molecule has 0 saturated heterocycles. The van der Waals surface area contributed by atoms with Gasteiger partial charge in [-0.25, -0.2) is 4.79 Å². The lowest BCUT2D eigenvalue weighted by Gasteiger charge is -2.28. The maximum absolute atomic E-state index is 13.4. The first-order valence-corrected chi connectivity index (χ1v) is 11.7. The number of halogens is 2. The van der Waals surface area contributed by atoms with Gasteiger partial charge in [-0.05, 0) is 37.1 Å². The standard InChI is InChI=1S/C21H26BrClN8O2/c1-13-11-31(33)15(14(2)16(13)22)12-30-19-17(18(23)26-20(24)27-19)29(21(30)32)10-6-25-5-9-28-7-3-4-8-28/h3-4,7-8,25,33H,5-6,9-12H2,1-2H3,(H2,24,26,27). The van der Waals surface area contributed by atoms with Crippen LogP contribution in [-0.4, -0.2) is 53.6 Å². The van der Waals surface area contributed by atoms with Crippen molar-refractivity contribution in [3.05, 3.63) is 61.5 Å². The fourth-order valence-corrected chi connectivity index (χ4v) is 4.58. The SMILES string of the molecule is CC1=C(Br)C(C)=C(Cn2c(=O)n(CCNCCn3cccc3)c3c(Cl)nc(N)nc32)N(O)C1. The highest BCUT2D eigenvalue weighted by Crippen LogP contribution is 2.31. The molecule has 1 aliphatic rings. The third kappa shape index (κ3) is 4.72. The fraction of sp³-hybridized carbons (Fsp3) is 0.381. The number of hydrogen-bond acceptors (Lipinski definition) is 7. The van der Waals surface area contributed by atoms with E-state index >= 15 is 0 Å². The number of hydrogen-bond donors (Lipinski definition) is 3. The second kappa shape index (κ2) is 9.72. The van der Waals surface area contributed by atoms with Gasteiger partial charge in [0, 0.05) is 43.1 Å². The van der Waals surface area contributed by atoms with Gasteiger partial charge in [0.1, 0.15) is 5.52 Å². The molecule has 12 heteroatoms. The van der Waals surface area contributed by atoms with Crippen LogP contribution in [0.5, 0.6) is 0 Å². The van der Waals surface area contributed by atoms with E-state index in [0.717, 1.165) is 33.8 Å². The average Bonchev–Trinajstić information content (AvgIpc) is 3.36. The van der Waals surface area contributed by atoms with Crippen molar-refractivity contribution in [1.82, 2.24) is 34.0 Å². The molecular weight excluding hydrogens is 512 g/mol. The van der Waals surface area contributed by atoms with E-state index in [2.05, 4.69) is 35.8 Å². The van der Waals surface area contributed by atoms with Crippen molar-refractivity contribution >= 4 is 44.6 Å². The van der Waals surface area contributed by atoms with E-state index in [0.29, 0.717) is 36.5 Å². The molecule has 0 fully saturated rings. The molecule has 4 N–H and O–H groups in total. The Morgan fingerprint density at radius 1 is 1.18 bits per heavy atom. The van der Waals surface area contributed by atoms with Crippen molar-refractivity contribution in [2.75, 3.05) is 25.4 Å². The molecule has 4 heterocycles. The third-order valence-corrected chi connectivity index (χ3v) is 7.23. The summed E-state index contributed by atoms with van der Waals surface area (Å²) >= 11 is 9.96. The van der Waals surface area contributed by atoms with Crippen LogP contribution in [0.2, 0.25) is 5.15 Å². The molecule has 0 radical (unpaired) electrons. The van der Waals surface area contributed by atoms with E-state index in [1.807, 2.05) is 38.4 Å². The molecule has 4 rings (SSSR count). The maximum Gasteiger partial charge on any atom is 0.330 e. The van der Waals surface area contributed by atoms with Gasteiger partial charge in [0.2, 0.25) is 5.95 Å². The fourth-order valence-electron chi connectivity index (χ4n) is 3.96. The number of aromatic nitrogens is 5. The predicted molar refractivity (Wildman–Crippen MR) is 131 cm³/mol. The molecule has 10 nitrogen and oxygen atoms in total. The molecule has 3 aromatic rings. The molecule has 0 saturated carbocycles. The van der Waals surface area contributed by atoms with E-state index < -0.39 is 0 Å². The Morgan fingerprint density at radius 3 is 2.61 bits per heavy atom. The number of nitrogens with two attached hydrogens (primary N) is 1. The zero-order valence-corrected chi connectivity index (χ0v) is 20.8. The minimum absolute atomic E-state index is 0.0182. The Kier molecular flexibility index (Phi) is 6.94. The van der Waals surface area contributed by atoms with Gasteiger partial charge in [-0.15, -0.1) is 0 Å². The largest absolute Gasteiger partial charge is 0.368 e. The second-order valence-electron chi connectivity index (χ2n) is 7.96. The number of anilines is 1. The quantitative estimate of drug-likeness (QED) is 0.298. The molecule has 1 aliphatic heterocycles. The molecule has 0 aliphatic carbocycles. The van der Waals surface area contributed by atoms with Gasteiger partial charge < -0.3 is 15.6 Å². The van der Waals surface area contributed by atoms with Gasteiger partial charge in [-0.3, -0.25) is 19.4 Å². The van der Waals surface area contributed by atoms with Gasteiger partial charge in [-0.2, -0.15) is 9.97 Å². The Hall–Kier alpha value is -2.60. The first-order valence-electron chi connectivity index (χ1n) is 10.5. The van der Waals surface area contributed by atoms with Crippen molar-refractivity contribution < 1.29 is 5.21 Å².